The lowest BCUT2D eigenvalue weighted by atomic mass is 10.2. The first-order valence-corrected chi connectivity index (χ1v) is 9.77. The summed E-state index contributed by atoms with van der Waals surface area (Å²) in [5.74, 6) is 6.48. The lowest BCUT2D eigenvalue weighted by Gasteiger charge is -2.07. The number of carbonyl (C=O) groups is 2. The minimum atomic E-state index is -0.399. The smallest absolute Gasteiger partial charge is 0.269 e. The molecule has 0 atom stereocenters. The molecular weight excluding hydrogens is 392 g/mol. The maximum Gasteiger partial charge on any atom is 0.269 e. The minimum absolute atomic E-state index is 0.00762. The molecule has 0 spiro atoms. The fraction of sp³-hybridized carbons (Fsp3) is 0.158. The van der Waals surface area contributed by atoms with E-state index in [1.54, 1.807) is 30.3 Å². The van der Waals surface area contributed by atoms with Gasteiger partial charge in [0, 0.05) is 11.1 Å². The summed E-state index contributed by atoms with van der Waals surface area (Å²) in [6.45, 7) is 2.50. The van der Waals surface area contributed by atoms with Crippen molar-refractivity contribution in [1.29, 1.82) is 0 Å². The number of nitrogens with two attached hydrogens (primary N) is 1. The molecule has 29 heavy (non-hydrogen) atoms. The maximum atomic E-state index is 12.0. The van der Waals surface area contributed by atoms with Crippen molar-refractivity contribution in [3.63, 3.8) is 0 Å². The molecule has 1 heterocycles. The third-order valence-electron chi connectivity index (χ3n) is 3.77. The second kappa shape index (κ2) is 9.60. The summed E-state index contributed by atoms with van der Waals surface area (Å²) < 4.78 is 6.73. The van der Waals surface area contributed by atoms with Crippen LogP contribution in [0.5, 0.6) is 5.75 Å². The number of hydrogen-bond acceptors (Lipinski definition) is 7. The number of hydrogen-bond donors (Lipinski definition) is 3. The Morgan fingerprint density at radius 1 is 1.07 bits per heavy atom. The van der Waals surface area contributed by atoms with Gasteiger partial charge in [-0.15, -0.1) is 10.2 Å². The summed E-state index contributed by atoms with van der Waals surface area (Å²) in [6, 6.07) is 15.9. The van der Waals surface area contributed by atoms with Gasteiger partial charge in [0.15, 0.2) is 5.82 Å². The molecule has 150 valence electrons. The van der Waals surface area contributed by atoms with E-state index in [9.17, 15) is 9.59 Å². The molecule has 1 aromatic heterocycles. The Hall–Kier alpha value is -3.53. The van der Waals surface area contributed by atoms with Gasteiger partial charge in [0.1, 0.15) is 5.75 Å². The largest absolute Gasteiger partial charge is 0.494 e. The summed E-state index contributed by atoms with van der Waals surface area (Å²) in [7, 11) is 0. The molecule has 0 saturated heterocycles. The monoisotopic (exact) mass is 412 g/mol. The molecule has 0 fully saturated rings. The number of ether oxygens (including phenoxy) is 1. The van der Waals surface area contributed by atoms with E-state index in [2.05, 4.69) is 21.0 Å². The maximum absolute atomic E-state index is 12.0. The molecule has 10 heteroatoms. The number of carbonyl (C=O) groups excluding carboxylic acids is 2. The molecule has 0 unspecified atom stereocenters. The van der Waals surface area contributed by atoms with Crippen LogP contribution in [0.25, 0.3) is 11.4 Å². The van der Waals surface area contributed by atoms with Gasteiger partial charge in [-0.05, 0) is 43.3 Å². The van der Waals surface area contributed by atoms with Crippen LogP contribution in [0, 0.1) is 0 Å². The zero-order chi connectivity index (χ0) is 20.6. The Bertz CT molecular complexity index is 975. The van der Waals surface area contributed by atoms with E-state index in [0.717, 1.165) is 23.1 Å². The van der Waals surface area contributed by atoms with Crippen molar-refractivity contribution >= 4 is 23.6 Å². The molecule has 2 aromatic carbocycles. The Morgan fingerprint density at radius 3 is 2.48 bits per heavy atom. The third kappa shape index (κ3) is 5.26. The number of amides is 2. The summed E-state index contributed by atoms with van der Waals surface area (Å²) in [6.07, 6.45) is 0. The number of nitrogens with one attached hydrogen (secondary N) is 2. The first-order valence-electron chi connectivity index (χ1n) is 8.79. The zero-order valence-electron chi connectivity index (χ0n) is 15.7. The number of nitrogens with zero attached hydrogens (tertiary/aromatic N) is 3. The van der Waals surface area contributed by atoms with Crippen LogP contribution in [0.15, 0.2) is 59.8 Å². The van der Waals surface area contributed by atoms with Gasteiger partial charge in [-0.2, -0.15) is 0 Å². The Morgan fingerprint density at radius 2 is 1.79 bits per heavy atom. The molecule has 3 aromatic rings. The van der Waals surface area contributed by atoms with Crippen LogP contribution in [-0.4, -0.2) is 39.0 Å². The molecule has 0 aliphatic heterocycles. The van der Waals surface area contributed by atoms with Gasteiger partial charge in [0.05, 0.1) is 12.4 Å². The van der Waals surface area contributed by atoms with Crippen molar-refractivity contribution in [2.45, 2.75) is 12.1 Å². The van der Waals surface area contributed by atoms with E-state index in [0.29, 0.717) is 23.2 Å². The zero-order valence-corrected chi connectivity index (χ0v) is 16.5. The van der Waals surface area contributed by atoms with Crippen molar-refractivity contribution < 1.29 is 14.3 Å². The number of aromatic nitrogens is 3. The summed E-state index contributed by atoms with van der Waals surface area (Å²) in [5.41, 5.74) is 5.93. The van der Waals surface area contributed by atoms with Crippen LogP contribution in [0.3, 0.4) is 0 Å². The van der Waals surface area contributed by atoms with Gasteiger partial charge >= 0.3 is 0 Å². The molecule has 0 bridgehead atoms. The predicted molar refractivity (Wildman–Crippen MR) is 110 cm³/mol. The molecule has 3 rings (SSSR count). The number of rotatable bonds is 7. The molecular formula is C19H20N6O3S. The average Bonchev–Trinajstić information content (AvgIpc) is 3.12. The molecule has 9 nitrogen and oxygen atoms in total. The van der Waals surface area contributed by atoms with E-state index >= 15 is 0 Å². The Balaban J connectivity index is 1.53. The van der Waals surface area contributed by atoms with Crippen LogP contribution in [0.4, 0.5) is 0 Å². The molecule has 2 amide bonds. The highest BCUT2D eigenvalue weighted by Gasteiger charge is 2.14. The van der Waals surface area contributed by atoms with E-state index in [4.69, 9.17) is 10.6 Å². The van der Waals surface area contributed by atoms with Crippen LogP contribution in [0.2, 0.25) is 0 Å². The van der Waals surface area contributed by atoms with Crippen molar-refractivity contribution in [2.24, 2.45) is 0 Å². The lowest BCUT2D eigenvalue weighted by molar-refractivity contribution is -0.119. The topological polar surface area (TPSA) is 124 Å². The van der Waals surface area contributed by atoms with Crippen molar-refractivity contribution in [3.8, 4) is 17.1 Å². The first-order chi connectivity index (χ1) is 14.1. The highest BCUT2D eigenvalue weighted by molar-refractivity contribution is 7.99. The standard InChI is InChI=1S/C19H20N6O3S/c1-2-28-15-10-8-13(9-11-15)17-22-24-19(25(17)20)29-12-16(26)21-23-18(27)14-6-4-3-5-7-14/h3-11H,2,12,20H2,1H3,(H,21,26)(H,23,27). The minimum Gasteiger partial charge on any atom is -0.494 e. The van der Waals surface area contributed by atoms with Gasteiger partial charge in [-0.1, -0.05) is 30.0 Å². The van der Waals surface area contributed by atoms with Crippen LogP contribution < -0.4 is 21.4 Å². The van der Waals surface area contributed by atoms with Crippen LogP contribution in [-0.2, 0) is 4.79 Å². The average molecular weight is 412 g/mol. The van der Waals surface area contributed by atoms with E-state index in [1.807, 2.05) is 31.2 Å². The fourth-order valence-electron chi connectivity index (χ4n) is 2.39. The quantitative estimate of drug-likeness (QED) is 0.306. The predicted octanol–water partition coefficient (Wildman–Crippen LogP) is 1.61. The molecule has 0 aliphatic carbocycles. The third-order valence-corrected chi connectivity index (χ3v) is 4.71. The molecule has 0 radical (unpaired) electrons. The Labute approximate surface area is 171 Å². The van der Waals surface area contributed by atoms with E-state index in [1.165, 1.54) is 4.68 Å². The second-order valence-electron chi connectivity index (χ2n) is 5.79. The van der Waals surface area contributed by atoms with Crippen molar-refractivity contribution in [1.82, 2.24) is 25.7 Å². The summed E-state index contributed by atoms with van der Waals surface area (Å²) in [5, 5.41) is 8.47. The van der Waals surface area contributed by atoms with Gasteiger partial charge in [0.25, 0.3) is 5.91 Å². The normalized spacial score (nSPS) is 10.4. The highest BCUT2D eigenvalue weighted by atomic mass is 32.2. The van der Waals surface area contributed by atoms with E-state index < -0.39 is 11.8 Å². The van der Waals surface area contributed by atoms with Crippen molar-refractivity contribution in [3.05, 3.63) is 60.2 Å². The van der Waals surface area contributed by atoms with Crippen LogP contribution in [0.1, 0.15) is 17.3 Å². The van der Waals surface area contributed by atoms with Crippen LogP contribution >= 0.6 is 11.8 Å². The van der Waals surface area contributed by atoms with Gasteiger partial charge < -0.3 is 10.6 Å². The van der Waals surface area contributed by atoms with Crippen molar-refractivity contribution in [2.75, 3.05) is 18.2 Å². The van der Waals surface area contributed by atoms with Gasteiger partial charge in [-0.3, -0.25) is 20.4 Å². The lowest BCUT2D eigenvalue weighted by Crippen LogP contribution is -2.42. The second-order valence-corrected chi connectivity index (χ2v) is 6.73. The SMILES string of the molecule is CCOc1ccc(-c2nnc(SCC(=O)NNC(=O)c3ccccc3)n2N)cc1. The van der Waals surface area contributed by atoms with Gasteiger partial charge in [0.2, 0.25) is 11.1 Å². The van der Waals surface area contributed by atoms with Gasteiger partial charge in [-0.25, -0.2) is 4.68 Å². The van der Waals surface area contributed by atoms with E-state index in [-0.39, 0.29) is 5.75 Å². The number of hydrazine groups is 1. The highest BCUT2D eigenvalue weighted by Crippen LogP contribution is 2.23. The fourth-order valence-corrected chi connectivity index (χ4v) is 3.05. The molecule has 4 N–H and O–H groups in total. The number of nitrogen functional groups attached to an aromatic ring is 1. The number of thioether (sulfide) groups is 1. The molecule has 0 aliphatic rings. The Kier molecular flexibility index (Phi) is 6.69. The summed E-state index contributed by atoms with van der Waals surface area (Å²) in [4.78, 5) is 23.9. The first kappa shape index (κ1) is 20.2. The molecule has 0 saturated carbocycles. The summed E-state index contributed by atoms with van der Waals surface area (Å²) >= 11 is 1.11. The number of benzene rings is 2.